The molecule has 1 aliphatic carbocycles. The van der Waals surface area contributed by atoms with E-state index in [9.17, 15) is 9.59 Å². The van der Waals surface area contributed by atoms with E-state index in [0.717, 1.165) is 23.5 Å². The Bertz CT molecular complexity index is 758. The zero-order chi connectivity index (χ0) is 16.4. The molecule has 1 amide bonds. The Kier molecular flexibility index (Phi) is 4.32. The van der Waals surface area contributed by atoms with E-state index in [1.54, 1.807) is 17.1 Å². The molecule has 1 aliphatic rings. The topological polar surface area (TPSA) is 79.8 Å². The minimum atomic E-state index is -0.295. The fourth-order valence-electron chi connectivity index (χ4n) is 2.81. The van der Waals surface area contributed by atoms with E-state index in [2.05, 4.69) is 15.3 Å². The smallest absolute Gasteiger partial charge is 0.263 e. The van der Waals surface area contributed by atoms with Crippen molar-refractivity contribution >= 4 is 5.91 Å². The van der Waals surface area contributed by atoms with Crippen LogP contribution in [0.25, 0.3) is 0 Å². The van der Waals surface area contributed by atoms with Crippen molar-refractivity contribution in [1.29, 1.82) is 0 Å². The first-order chi connectivity index (χ1) is 11.1. The number of pyridine rings is 1. The number of aromatic amines is 1. The molecule has 6 heteroatoms. The first-order valence-electron chi connectivity index (χ1n) is 8.02. The molecule has 1 fully saturated rings. The number of aryl methyl sites for hydroxylation is 2. The molecule has 0 aromatic carbocycles. The Morgan fingerprint density at radius 3 is 2.87 bits per heavy atom. The second-order valence-corrected chi connectivity index (χ2v) is 6.29. The van der Waals surface area contributed by atoms with Crippen LogP contribution in [0.5, 0.6) is 0 Å². The number of imidazole rings is 1. The summed E-state index contributed by atoms with van der Waals surface area (Å²) in [4.78, 5) is 32.1. The lowest BCUT2D eigenvalue weighted by molar-refractivity contribution is 0.0951. The average molecular weight is 314 g/mol. The van der Waals surface area contributed by atoms with Crippen LogP contribution in [0, 0.1) is 19.8 Å². The van der Waals surface area contributed by atoms with Crippen molar-refractivity contribution in [2.24, 2.45) is 5.92 Å². The highest BCUT2D eigenvalue weighted by molar-refractivity contribution is 5.95. The number of carbonyl (C=O) groups excluding carboxylic acids is 1. The third-order valence-corrected chi connectivity index (χ3v) is 4.30. The second kappa shape index (κ2) is 6.40. The summed E-state index contributed by atoms with van der Waals surface area (Å²) in [6.07, 6.45) is 6.34. The zero-order valence-corrected chi connectivity index (χ0v) is 13.6. The van der Waals surface area contributed by atoms with Crippen LogP contribution in [0.4, 0.5) is 0 Å². The van der Waals surface area contributed by atoms with E-state index in [1.165, 1.54) is 12.8 Å². The molecule has 6 nitrogen and oxygen atoms in total. The van der Waals surface area contributed by atoms with E-state index in [0.29, 0.717) is 18.9 Å². The molecule has 2 aromatic heterocycles. The molecule has 23 heavy (non-hydrogen) atoms. The Balaban J connectivity index is 1.74. The Hall–Kier alpha value is -2.37. The maximum Gasteiger partial charge on any atom is 0.263 e. The number of hydrogen-bond acceptors (Lipinski definition) is 3. The van der Waals surface area contributed by atoms with Crippen LogP contribution in [0.2, 0.25) is 0 Å². The predicted molar refractivity (Wildman–Crippen MR) is 87.5 cm³/mol. The molecule has 0 aliphatic heterocycles. The summed E-state index contributed by atoms with van der Waals surface area (Å²) in [5, 5.41) is 2.83. The van der Waals surface area contributed by atoms with Crippen molar-refractivity contribution in [3.63, 3.8) is 0 Å². The van der Waals surface area contributed by atoms with Gasteiger partial charge in [0.15, 0.2) is 0 Å². The van der Waals surface area contributed by atoms with Crippen LogP contribution >= 0.6 is 0 Å². The standard InChI is InChI=1S/C17H22N4O2/c1-11-7-12(2)21(9-13-3-4-13)17(23)15(11)16(22)19-6-5-14-8-18-10-20-14/h7-8,10,13H,3-6,9H2,1-2H3,(H,18,20)(H,19,22). The van der Waals surface area contributed by atoms with Crippen molar-refractivity contribution in [2.75, 3.05) is 6.54 Å². The van der Waals surface area contributed by atoms with Gasteiger partial charge in [-0.3, -0.25) is 9.59 Å². The lowest BCUT2D eigenvalue weighted by Gasteiger charge is -2.14. The van der Waals surface area contributed by atoms with Gasteiger partial charge < -0.3 is 14.9 Å². The van der Waals surface area contributed by atoms with E-state index in [1.807, 2.05) is 19.9 Å². The largest absolute Gasteiger partial charge is 0.351 e. The van der Waals surface area contributed by atoms with E-state index in [-0.39, 0.29) is 17.0 Å². The van der Waals surface area contributed by atoms with Crippen LogP contribution in [0.15, 0.2) is 23.4 Å². The number of nitrogens with zero attached hydrogens (tertiary/aromatic N) is 2. The van der Waals surface area contributed by atoms with Crippen LogP contribution in [0.3, 0.4) is 0 Å². The lowest BCUT2D eigenvalue weighted by atomic mass is 10.1. The van der Waals surface area contributed by atoms with Gasteiger partial charge in [0.25, 0.3) is 11.5 Å². The summed E-state index contributed by atoms with van der Waals surface area (Å²) in [6.45, 7) is 4.94. The second-order valence-electron chi connectivity index (χ2n) is 6.29. The molecule has 2 N–H and O–H groups in total. The number of amides is 1. The molecular weight excluding hydrogens is 292 g/mol. The third-order valence-electron chi connectivity index (χ3n) is 4.30. The number of nitrogens with one attached hydrogen (secondary N) is 2. The summed E-state index contributed by atoms with van der Waals surface area (Å²) >= 11 is 0. The van der Waals surface area contributed by atoms with Crippen LogP contribution in [0.1, 0.15) is 40.2 Å². The Morgan fingerprint density at radius 1 is 1.43 bits per heavy atom. The molecule has 2 heterocycles. The van der Waals surface area contributed by atoms with Crippen molar-refractivity contribution in [1.82, 2.24) is 19.9 Å². The molecule has 122 valence electrons. The number of hydrogen-bond donors (Lipinski definition) is 2. The van der Waals surface area contributed by atoms with Crippen LogP contribution in [-0.4, -0.2) is 27.0 Å². The number of rotatable bonds is 6. The molecule has 0 radical (unpaired) electrons. The highest BCUT2D eigenvalue weighted by Gasteiger charge is 2.25. The van der Waals surface area contributed by atoms with Gasteiger partial charge in [0.05, 0.1) is 6.33 Å². The van der Waals surface area contributed by atoms with Gasteiger partial charge in [-0.05, 0) is 44.2 Å². The maximum atomic E-state index is 12.7. The molecule has 1 saturated carbocycles. The average Bonchev–Trinajstić information content (AvgIpc) is 3.17. The van der Waals surface area contributed by atoms with Crippen LogP contribution in [-0.2, 0) is 13.0 Å². The van der Waals surface area contributed by atoms with Gasteiger partial charge in [-0.15, -0.1) is 0 Å². The minimum Gasteiger partial charge on any atom is -0.351 e. The first-order valence-corrected chi connectivity index (χ1v) is 8.02. The van der Waals surface area contributed by atoms with Gasteiger partial charge in [-0.2, -0.15) is 0 Å². The third kappa shape index (κ3) is 3.52. The van der Waals surface area contributed by atoms with Gasteiger partial charge in [0, 0.05) is 37.1 Å². The number of carbonyl (C=O) groups is 1. The van der Waals surface area contributed by atoms with Gasteiger partial charge in [0.2, 0.25) is 0 Å². The van der Waals surface area contributed by atoms with Gasteiger partial charge in [0.1, 0.15) is 5.56 Å². The summed E-state index contributed by atoms with van der Waals surface area (Å²) in [5.74, 6) is 0.293. The summed E-state index contributed by atoms with van der Waals surface area (Å²) in [6, 6.07) is 1.92. The summed E-state index contributed by atoms with van der Waals surface area (Å²) < 4.78 is 1.74. The zero-order valence-electron chi connectivity index (χ0n) is 13.6. The number of H-pyrrole nitrogens is 1. The normalized spacial score (nSPS) is 14.0. The predicted octanol–water partition coefficient (Wildman–Crippen LogP) is 1.57. The molecule has 0 spiro atoms. The van der Waals surface area contributed by atoms with Gasteiger partial charge in [-0.25, -0.2) is 4.98 Å². The number of aromatic nitrogens is 3. The minimum absolute atomic E-state index is 0.173. The molecule has 0 bridgehead atoms. The first kappa shape index (κ1) is 15.5. The fraction of sp³-hybridized carbons (Fsp3) is 0.471. The van der Waals surface area contributed by atoms with E-state index < -0.39 is 0 Å². The monoisotopic (exact) mass is 314 g/mol. The summed E-state index contributed by atoms with van der Waals surface area (Å²) in [7, 11) is 0. The quantitative estimate of drug-likeness (QED) is 0.849. The highest BCUT2D eigenvalue weighted by atomic mass is 16.2. The highest BCUT2D eigenvalue weighted by Crippen LogP contribution is 2.30. The molecule has 3 rings (SSSR count). The van der Waals surface area contributed by atoms with E-state index >= 15 is 0 Å². The summed E-state index contributed by atoms with van der Waals surface area (Å²) in [5.41, 5.74) is 2.71. The molecule has 0 saturated heterocycles. The molecular formula is C17H22N4O2. The van der Waals surface area contributed by atoms with Crippen molar-refractivity contribution in [2.45, 2.75) is 39.7 Å². The molecule has 0 atom stereocenters. The molecule has 2 aromatic rings. The van der Waals surface area contributed by atoms with Crippen LogP contribution < -0.4 is 10.9 Å². The van der Waals surface area contributed by atoms with Gasteiger partial charge >= 0.3 is 0 Å². The maximum absolute atomic E-state index is 12.7. The van der Waals surface area contributed by atoms with Gasteiger partial charge in [-0.1, -0.05) is 0 Å². The van der Waals surface area contributed by atoms with Crippen molar-refractivity contribution in [3.05, 3.63) is 51.5 Å². The molecule has 0 unspecified atom stereocenters. The Morgan fingerprint density at radius 2 is 2.22 bits per heavy atom. The van der Waals surface area contributed by atoms with E-state index in [4.69, 9.17) is 0 Å². The Labute approximate surface area is 134 Å². The SMILES string of the molecule is Cc1cc(C)n(CC2CC2)c(=O)c1C(=O)NCCc1cnc[nH]1. The van der Waals surface area contributed by atoms with Crippen molar-refractivity contribution in [3.8, 4) is 0 Å². The van der Waals surface area contributed by atoms with Crippen molar-refractivity contribution < 1.29 is 4.79 Å². The lowest BCUT2D eigenvalue weighted by Crippen LogP contribution is -2.36. The fourth-order valence-corrected chi connectivity index (χ4v) is 2.81.